The summed E-state index contributed by atoms with van der Waals surface area (Å²) in [6.07, 6.45) is -5.15. The molecule has 0 radical (unpaired) electrons. The molecule has 1 aromatic carbocycles. The molecule has 0 atom stereocenters. The minimum Gasteiger partial charge on any atom is -0.398 e. The Balaban J connectivity index is 2.70. The van der Waals surface area contributed by atoms with Gasteiger partial charge in [-0.05, 0) is 18.7 Å². The van der Waals surface area contributed by atoms with E-state index >= 15 is 0 Å². The summed E-state index contributed by atoms with van der Waals surface area (Å²) in [6, 6.07) is 3.92. The van der Waals surface area contributed by atoms with Crippen molar-refractivity contribution < 1.29 is 18.1 Å². The van der Waals surface area contributed by atoms with Gasteiger partial charge in [0.15, 0.2) is 0 Å². The Morgan fingerprint density at radius 1 is 1.42 bits per heavy atom. The maximum absolute atomic E-state index is 12.1. The van der Waals surface area contributed by atoms with Crippen LogP contribution in [0.2, 0.25) is 0 Å². The van der Waals surface area contributed by atoms with Crippen molar-refractivity contribution >= 4 is 11.4 Å². The number of rotatable bonds is 5. The molecule has 8 heteroatoms. The van der Waals surface area contributed by atoms with Crippen molar-refractivity contribution in [1.29, 1.82) is 0 Å². The molecule has 0 spiro atoms. The molecule has 0 saturated carbocycles. The number of halogens is 3. The van der Waals surface area contributed by atoms with Crippen LogP contribution in [0, 0.1) is 10.1 Å². The number of nitrogen functional groups attached to an aromatic ring is 1. The number of nitro groups is 1. The highest BCUT2D eigenvalue weighted by Gasteiger charge is 2.27. The molecule has 106 valence electrons. The van der Waals surface area contributed by atoms with Gasteiger partial charge in [-0.15, -0.1) is 0 Å². The Morgan fingerprint density at radius 3 is 2.58 bits per heavy atom. The molecule has 0 heterocycles. The van der Waals surface area contributed by atoms with Crippen molar-refractivity contribution in [3.8, 4) is 0 Å². The van der Waals surface area contributed by atoms with E-state index in [9.17, 15) is 23.3 Å². The third-order valence-corrected chi connectivity index (χ3v) is 2.55. The predicted octanol–water partition coefficient (Wildman–Crippen LogP) is 2.56. The zero-order valence-electron chi connectivity index (χ0n) is 10.3. The molecule has 0 aliphatic carbocycles. The lowest BCUT2D eigenvalue weighted by Crippen LogP contribution is -2.24. The summed E-state index contributed by atoms with van der Waals surface area (Å²) in [5.41, 5.74) is 6.28. The molecule has 19 heavy (non-hydrogen) atoms. The highest BCUT2D eigenvalue weighted by Crippen LogP contribution is 2.23. The van der Waals surface area contributed by atoms with Crippen LogP contribution < -0.4 is 5.73 Å². The van der Waals surface area contributed by atoms with E-state index < -0.39 is 17.5 Å². The number of hydrogen-bond donors (Lipinski definition) is 1. The van der Waals surface area contributed by atoms with Crippen molar-refractivity contribution in [2.45, 2.75) is 19.1 Å². The molecular weight excluding hydrogens is 263 g/mol. The molecule has 5 nitrogen and oxygen atoms in total. The molecular formula is C11H14F3N3O2. The van der Waals surface area contributed by atoms with Crippen LogP contribution in [0.4, 0.5) is 24.5 Å². The van der Waals surface area contributed by atoms with Gasteiger partial charge in [-0.2, -0.15) is 13.2 Å². The van der Waals surface area contributed by atoms with Crippen LogP contribution in [-0.2, 0) is 6.54 Å². The second-order valence-corrected chi connectivity index (χ2v) is 4.24. The van der Waals surface area contributed by atoms with Gasteiger partial charge in [0.1, 0.15) is 0 Å². The number of benzene rings is 1. The minimum absolute atomic E-state index is 0.129. The van der Waals surface area contributed by atoms with Gasteiger partial charge >= 0.3 is 6.18 Å². The SMILES string of the molecule is CN(CCC(F)(F)F)Cc1cc([N+](=O)[O-])ccc1N. The highest BCUT2D eigenvalue weighted by atomic mass is 19.4. The number of alkyl halides is 3. The first-order valence-electron chi connectivity index (χ1n) is 5.47. The van der Waals surface area contributed by atoms with Gasteiger partial charge < -0.3 is 10.6 Å². The maximum atomic E-state index is 12.1. The van der Waals surface area contributed by atoms with Gasteiger partial charge in [-0.1, -0.05) is 0 Å². The monoisotopic (exact) mass is 277 g/mol. The van der Waals surface area contributed by atoms with Gasteiger partial charge in [0.05, 0.1) is 11.3 Å². The highest BCUT2D eigenvalue weighted by molar-refractivity contribution is 5.52. The van der Waals surface area contributed by atoms with E-state index in [2.05, 4.69) is 0 Å². The van der Waals surface area contributed by atoms with E-state index in [0.29, 0.717) is 11.3 Å². The number of nitrogens with two attached hydrogens (primary N) is 1. The van der Waals surface area contributed by atoms with Crippen LogP contribution in [0.25, 0.3) is 0 Å². The summed E-state index contributed by atoms with van der Waals surface area (Å²) in [4.78, 5) is 11.5. The number of nitrogens with zero attached hydrogens (tertiary/aromatic N) is 2. The normalized spacial score (nSPS) is 11.8. The zero-order valence-corrected chi connectivity index (χ0v) is 10.3. The van der Waals surface area contributed by atoms with Crippen LogP contribution >= 0.6 is 0 Å². The Labute approximate surface area is 108 Å². The Hall–Kier alpha value is -1.83. The van der Waals surface area contributed by atoms with Crippen molar-refractivity contribution in [3.63, 3.8) is 0 Å². The topological polar surface area (TPSA) is 72.4 Å². The van der Waals surface area contributed by atoms with E-state index in [1.165, 1.54) is 30.1 Å². The second kappa shape index (κ2) is 5.87. The third kappa shape index (κ3) is 5.12. The average molecular weight is 277 g/mol. The van der Waals surface area contributed by atoms with Gasteiger partial charge in [-0.25, -0.2) is 0 Å². The lowest BCUT2D eigenvalue weighted by atomic mass is 10.1. The van der Waals surface area contributed by atoms with E-state index in [-0.39, 0.29) is 18.8 Å². The molecule has 0 fully saturated rings. The lowest BCUT2D eigenvalue weighted by molar-refractivity contribution is -0.384. The summed E-state index contributed by atoms with van der Waals surface area (Å²) in [7, 11) is 1.50. The first kappa shape index (κ1) is 15.2. The minimum atomic E-state index is -4.22. The van der Waals surface area contributed by atoms with Gasteiger partial charge in [0.2, 0.25) is 0 Å². The molecule has 0 unspecified atom stereocenters. The van der Waals surface area contributed by atoms with Crippen LogP contribution in [0.5, 0.6) is 0 Å². The predicted molar refractivity (Wildman–Crippen MR) is 64.5 cm³/mol. The quantitative estimate of drug-likeness (QED) is 0.510. The number of nitro benzene ring substituents is 1. The van der Waals surface area contributed by atoms with Crippen molar-refractivity contribution in [3.05, 3.63) is 33.9 Å². The van der Waals surface area contributed by atoms with Crippen molar-refractivity contribution in [2.75, 3.05) is 19.3 Å². The summed E-state index contributed by atoms with van der Waals surface area (Å²) in [5.74, 6) is 0. The smallest absolute Gasteiger partial charge is 0.390 e. The zero-order chi connectivity index (χ0) is 14.6. The first-order chi connectivity index (χ1) is 8.69. The summed E-state index contributed by atoms with van der Waals surface area (Å²) in [5, 5.41) is 10.6. The fourth-order valence-corrected chi connectivity index (χ4v) is 1.53. The molecule has 0 bridgehead atoms. The standard InChI is InChI=1S/C11H14F3N3O2/c1-16(5-4-11(12,13)14)7-8-6-9(17(18)19)2-3-10(8)15/h2-3,6H,4-5,7,15H2,1H3. The Bertz CT molecular complexity index is 463. The number of anilines is 1. The number of hydrogen-bond acceptors (Lipinski definition) is 4. The molecule has 1 rings (SSSR count). The van der Waals surface area contributed by atoms with Gasteiger partial charge in [0.25, 0.3) is 5.69 Å². The lowest BCUT2D eigenvalue weighted by Gasteiger charge is -2.18. The van der Waals surface area contributed by atoms with E-state index in [1.807, 2.05) is 0 Å². The second-order valence-electron chi connectivity index (χ2n) is 4.24. The molecule has 0 amide bonds. The maximum Gasteiger partial charge on any atom is 0.390 e. The molecule has 1 aromatic rings. The number of non-ortho nitro benzene ring substituents is 1. The first-order valence-corrected chi connectivity index (χ1v) is 5.47. The van der Waals surface area contributed by atoms with Crippen LogP contribution in [0.3, 0.4) is 0 Å². The van der Waals surface area contributed by atoms with Crippen molar-refractivity contribution in [2.24, 2.45) is 0 Å². The molecule has 0 saturated heterocycles. The van der Waals surface area contributed by atoms with Crippen molar-refractivity contribution in [1.82, 2.24) is 4.90 Å². The fraction of sp³-hybridized carbons (Fsp3) is 0.455. The van der Waals surface area contributed by atoms with Gasteiger partial charge in [-0.3, -0.25) is 10.1 Å². The molecule has 0 aliphatic heterocycles. The van der Waals surface area contributed by atoms with E-state index in [1.54, 1.807) is 0 Å². The molecule has 2 N–H and O–H groups in total. The molecule has 0 aromatic heterocycles. The Morgan fingerprint density at radius 2 is 2.05 bits per heavy atom. The summed E-state index contributed by atoms with van der Waals surface area (Å²) >= 11 is 0. The largest absolute Gasteiger partial charge is 0.398 e. The Kier molecular flexibility index (Phi) is 4.71. The van der Waals surface area contributed by atoms with Gasteiger partial charge in [0, 0.05) is 30.9 Å². The summed E-state index contributed by atoms with van der Waals surface area (Å²) < 4.78 is 36.2. The fourth-order valence-electron chi connectivity index (χ4n) is 1.53. The van der Waals surface area contributed by atoms with Crippen LogP contribution in [-0.4, -0.2) is 29.6 Å². The van der Waals surface area contributed by atoms with Crippen LogP contribution in [0.15, 0.2) is 18.2 Å². The third-order valence-electron chi connectivity index (χ3n) is 2.55. The average Bonchev–Trinajstić information content (AvgIpc) is 2.28. The van der Waals surface area contributed by atoms with E-state index in [0.717, 1.165) is 0 Å². The molecule has 0 aliphatic rings. The van der Waals surface area contributed by atoms with Crippen LogP contribution in [0.1, 0.15) is 12.0 Å². The summed E-state index contributed by atoms with van der Waals surface area (Å²) in [6.45, 7) is -0.0603. The van der Waals surface area contributed by atoms with E-state index in [4.69, 9.17) is 5.73 Å².